The molecule has 0 spiro atoms. The van der Waals surface area contributed by atoms with Crippen molar-refractivity contribution in [2.75, 3.05) is 11.1 Å². The Hall–Kier alpha value is -1.51. The highest BCUT2D eigenvalue weighted by Crippen LogP contribution is 2.14. The standard InChI is InChI=1S/C7H8N2O.C2H6/c8-6-3-1-2-4-7(6)9-5-10;1-2/h1-5H,8H2,(H,9,10);1-2H3. The molecule has 3 N–H and O–H groups in total. The van der Waals surface area contributed by atoms with Crippen molar-refractivity contribution in [2.45, 2.75) is 13.8 Å². The van der Waals surface area contributed by atoms with Gasteiger partial charge >= 0.3 is 0 Å². The molecule has 3 heteroatoms. The molecule has 66 valence electrons. The van der Waals surface area contributed by atoms with Gasteiger partial charge in [-0.05, 0) is 12.1 Å². The number of nitrogens with one attached hydrogen (secondary N) is 1. The summed E-state index contributed by atoms with van der Waals surface area (Å²) in [4.78, 5) is 9.96. The minimum atomic E-state index is 0.578. The van der Waals surface area contributed by atoms with Gasteiger partial charge in [-0.2, -0.15) is 0 Å². The molecule has 1 aromatic carbocycles. The van der Waals surface area contributed by atoms with Crippen LogP contribution in [-0.2, 0) is 4.79 Å². The lowest BCUT2D eigenvalue weighted by Gasteiger charge is -2.00. The van der Waals surface area contributed by atoms with Gasteiger partial charge in [0.1, 0.15) is 0 Å². The summed E-state index contributed by atoms with van der Waals surface area (Å²) in [5.74, 6) is 0. The number of carbonyl (C=O) groups excluding carboxylic acids is 1. The molecule has 0 aliphatic heterocycles. The minimum Gasteiger partial charge on any atom is -0.397 e. The summed E-state index contributed by atoms with van der Waals surface area (Å²) >= 11 is 0. The summed E-state index contributed by atoms with van der Waals surface area (Å²) in [6.07, 6.45) is 0.603. The molecule has 3 nitrogen and oxygen atoms in total. The molecule has 0 heterocycles. The Morgan fingerprint density at radius 3 is 2.42 bits per heavy atom. The van der Waals surface area contributed by atoms with E-state index in [4.69, 9.17) is 5.73 Å². The first-order chi connectivity index (χ1) is 5.84. The van der Waals surface area contributed by atoms with Crippen LogP contribution in [0.4, 0.5) is 11.4 Å². The van der Waals surface area contributed by atoms with Gasteiger partial charge in [0.25, 0.3) is 0 Å². The molecule has 0 atom stereocenters. The molecule has 0 bridgehead atoms. The SMILES string of the molecule is CC.Nc1ccccc1NC=O. The zero-order chi connectivity index (χ0) is 9.40. The lowest BCUT2D eigenvalue weighted by Crippen LogP contribution is -1.97. The van der Waals surface area contributed by atoms with E-state index in [9.17, 15) is 4.79 Å². The van der Waals surface area contributed by atoms with Crippen LogP contribution < -0.4 is 11.1 Å². The van der Waals surface area contributed by atoms with Gasteiger partial charge in [-0.3, -0.25) is 4.79 Å². The zero-order valence-electron chi connectivity index (χ0n) is 7.37. The van der Waals surface area contributed by atoms with Crippen molar-refractivity contribution in [2.24, 2.45) is 0 Å². The summed E-state index contributed by atoms with van der Waals surface area (Å²) < 4.78 is 0. The van der Waals surface area contributed by atoms with E-state index in [1.807, 2.05) is 26.0 Å². The van der Waals surface area contributed by atoms with Gasteiger partial charge in [0.05, 0.1) is 11.4 Å². The van der Waals surface area contributed by atoms with E-state index >= 15 is 0 Å². The highest BCUT2D eigenvalue weighted by Gasteiger charge is 1.91. The lowest BCUT2D eigenvalue weighted by atomic mass is 10.3. The van der Waals surface area contributed by atoms with Gasteiger partial charge in [-0.1, -0.05) is 26.0 Å². The molecule has 0 fully saturated rings. The van der Waals surface area contributed by atoms with Gasteiger partial charge < -0.3 is 11.1 Å². The number of hydrogen-bond donors (Lipinski definition) is 2. The number of hydrogen-bond acceptors (Lipinski definition) is 2. The fourth-order valence-corrected chi connectivity index (χ4v) is 0.692. The summed E-state index contributed by atoms with van der Waals surface area (Å²) in [7, 11) is 0. The topological polar surface area (TPSA) is 55.1 Å². The predicted molar refractivity (Wildman–Crippen MR) is 51.9 cm³/mol. The summed E-state index contributed by atoms with van der Waals surface area (Å²) in [5.41, 5.74) is 6.71. The van der Waals surface area contributed by atoms with E-state index in [-0.39, 0.29) is 0 Å². The van der Waals surface area contributed by atoms with Gasteiger partial charge in [0, 0.05) is 0 Å². The summed E-state index contributed by atoms with van der Waals surface area (Å²) in [6, 6.07) is 7.09. The highest BCUT2D eigenvalue weighted by atomic mass is 16.1. The average molecular weight is 166 g/mol. The van der Waals surface area contributed by atoms with E-state index < -0.39 is 0 Å². The average Bonchev–Trinajstić information content (AvgIpc) is 2.13. The molecular weight excluding hydrogens is 152 g/mol. The van der Waals surface area contributed by atoms with Crippen LogP contribution in [0.25, 0.3) is 0 Å². The molecule has 1 rings (SSSR count). The monoisotopic (exact) mass is 166 g/mol. The smallest absolute Gasteiger partial charge is 0.211 e. The van der Waals surface area contributed by atoms with E-state index in [0.29, 0.717) is 17.8 Å². The van der Waals surface area contributed by atoms with E-state index in [2.05, 4.69) is 5.32 Å². The van der Waals surface area contributed by atoms with Gasteiger partial charge in [-0.15, -0.1) is 0 Å². The number of carbonyl (C=O) groups is 1. The first-order valence-corrected chi connectivity index (χ1v) is 3.89. The van der Waals surface area contributed by atoms with Crippen molar-refractivity contribution in [3.63, 3.8) is 0 Å². The van der Waals surface area contributed by atoms with Crippen molar-refractivity contribution in [3.05, 3.63) is 24.3 Å². The van der Waals surface area contributed by atoms with Crippen LogP contribution in [0.2, 0.25) is 0 Å². The third-order valence-electron chi connectivity index (χ3n) is 1.18. The lowest BCUT2D eigenvalue weighted by molar-refractivity contribution is -0.105. The number of nitrogens with two attached hydrogens (primary N) is 1. The summed E-state index contributed by atoms with van der Waals surface area (Å²) in [5, 5.41) is 2.47. The quantitative estimate of drug-likeness (QED) is 0.520. The number of anilines is 2. The molecule has 0 aromatic heterocycles. The highest BCUT2D eigenvalue weighted by molar-refractivity contribution is 5.79. The molecule has 0 radical (unpaired) electrons. The van der Waals surface area contributed by atoms with Crippen LogP contribution in [0.5, 0.6) is 0 Å². The Bertz CT molecular complexity index is 236. The Morgan fingerprint density at radius 2 is 1.92 bits per heavy atom. The molecule has 0 saturated heterocycles. The Balaban J connectivity index is 0.000000561. The molecule has 1 aromatic rings. The molecule has 0 aliphatic carbocycles. The van der Waals surface area contributed by atoms with Gasteiger partial charge in [-0.25, -0.2) is 0 Å². The van der Waals surface area contributed by atoms with Crippen molar-refractivity contribution < 1.29 is 4.79 Å². The third-order valence-corrected chi connectivity index (χ3v) is 1.18. The van der Waals surface area contributed by atoms with Crippen LogP contribution in [-0.4, -0.2) is 6.41 Å². The number of para-hydroxylation sites is 2. The van der Waals surface area contributed by atoms with Crippen LogP contribution >= 0.6 is 0 Å². The van der Waals surface area contributed by atoms with Crippen molar-refractivity contribution >= 4 is 17.8 Å². The molecule has 0 saturated carbocycles. The number of benzene rings is 1. The maximum absolute atomic E-state index is 9.96. The van der Waals surface area contributed by atoms with Gasteiger partial charge in [0.15, 0.2) is 0 Å². The van der Waals surface area contributed by atoms with Gasteiger partial charge in [0.2, 0.25) is 6.41 Å². The Labute approximate surface area is 72.6 Å². The summed E-state index contributed by atoms with van der Waals surface area (Å²) in [6.45, 7) is 4.00. The van der Waals surface area contributed by atoms with Crippen molar-refractivity contribution in [1.29, 1.82) is 0 Å². The number of nitrogen functional groups attached to an aromatic ring is 1. The predicted octanol–water partition coefficient (Wildman–Crippen LogP) is 1.86. The minimum absolute atomic E-state index is 0.578. The second kappa shape index (κ2) is 6.22. The van der Waals surface area contributed by atoms with Crippen LogP contribution in [0.1, 0.15) is 13.8 Å². The van der Waals surface area contributed by atoms with E-state index in [0.717, 1.165) is 0 Å². The molecule has 0 aliphatic rings. The maximum Gasteiger partial charge on any atom is 0.211 e. The molecule has 0 unspecified atom stereocenters. The largest absolute Gasteiger partial charge is 0.397 e. The van der Waals surface area contributed by atoms with E-state index in [1.165, 1.54) is 0 Å². The van der Waals surface area contributed by atoms with Crippen LogP contribution in [0.15, 0.2) is 24.3 Å². The van der Waals surface area contributed by atoms with Crippen LogP contribution in [0, 0.1) is 0 Å². The third kappa shape index (κ3) is 3.05. The number of amides is 1. The Morgan fingerprint density at radius 1 is 1.33 bits per heavy atom. The van der Waals surface area contributed by atoms with Crippen molar-refractivity contribution in [1.82, 2.24) is 0 Å². The fraction of sp³-hybridized carbons (Fsp3) is 0.222. The molecule has 1 amide bonds. The molecular formula is C9H14N2O. The van der Waals surface area contributed by atoms with Crippen LogP contribution in [0.3, 0.4) is 0 Å². The zero-order valence-corrected chi connectivity index (χ0v) is 7.37. The van der Waals surface area contributed by atoms with Crippen molar-refractivity contribution in [3.8, 4) is 0 Å². The maximum atomic E-state index is 9.96. The normalized spacial score (nSPS) is 7.83. The number of rotatable bonds is 2. The second-order valence-corrected chi connectivity index (χ2v) is 1.85. The Kier molecular flexibility index (Phi) is 5.43. The fourth-order valence-electron chi connectivity index (χ4n) is 0.692. The van der Waals surface area contributed by atoms with E-state index in [1.54, 1.807) is 12.1 Å². The second-order valence-electron chi connectivity index (χ2n) is 1.85. The molecule has 12 heavy (non-hydrogen) atoms. The first kappa shape index (κ1) is 10.5. The first-order valence-electron chi connectivity index (χ1n) is 3.89.